The van der Waals surface area contributed by atoms with Gasteiger partial charge in [-0.05, 0) is 45.4 Å². The fraction of sp³-hybridized carbons (Fsp3) is 0.889. The standard InChI is InChI=1S/C45H87NO5/c1-3-5-7-9-11-13-14-15-16-17-18-19-20-21-22-23-24-25-26-27-28-29-30-31-33-35-37-39-43(49)45(51)46-41(40-47)44(50)42(48)38-36-34-32-12-10-8-6-4-2/h4,6,12,32,41-44,47-50H,3,5,7-11,13-31,33-40H2,1-2H3,(H,46,51)/b6-4+,32-12+. The van der Waals surface area contributed by atoms with Crippen molar-refractivity contribution in [2.75, 3.05) is 6.61 Å². The number of carbonyl (C=O) groups is 1. The van der Waals surface area contributed by atoms with E-state index in [1.807, 2.05) is 13.0 Å². The van der Waals surface area contributed by atoms with Gasteiger partial charge in [0, 0.05) is 0 Å². The zero-order valence-corrected chi connectivity index (χ0v) is 33.9. The van der Waals surface area contributed by atoms with Gasteiger partial charge in [-0.25, -0.2) is 0 Å². The number of nitrogens with one attached hydrogen (secondary N) is 1. The number of aliphatic hydroxyl groups excluding tert-OH is 4. The molecule has 6 nitrogen and oxygen atoms in total. The van der Waals surface area contributed by atoms with Gasteiger partial charge in [0.15, 0.2) is 0 Å². The summed E-state index contributed by atoms with van der Waals surface area (Å²) in [5, 5.41) is 43.3. The molecule has 0 aromatic carbocycles. The number of allylic oxidation sites excluding steroid dienone is 4. The van der Waals surface area contributed by atoms with E-state index in [0.717, 1.165) is 38.5 Å². The van der Waals surface area contributed by atoms with Crippen molar-refractivity contribution in [2.45, 2.75) is 250 Å². The molecule has 0 heterocycles. The van der Waals surface area contributed by atoms with Crippen LogP contribution in [-0.2, 0) is 4.79 Å². The molecule has 0 bridgehead atoms. The maximum atomic E-state index is 12.4. The van der Waals surface area contributed by atoms with Crippen LogP contribution in [0.1, 0.15) is 226 Å². The summed E-state index contributed by atoms with van der Waals surface area (Å²) in [6, 6.07) is -1.00. The van der Waals surface area contributed by atoms with Gasteiger partial charge in [-0.3, -0.25) is 4.79 Å². The molecule has 0 aliphatic carbocycles. The van der Waals surface area contributed by atoms with E-state index in [1.54, 1.807) is 0 Å². The first-order valence-electron chi connectivity index (χ1n) is 22.2. The minimum absolute atomic E-state index is 0.364. The zero-order valence-electron chi connectivity index (χ0n) is 33.9. The minimum atomic E-state index is -1.28. The van der Waals surface area contributed by atoms with Crippen LogP contribution in [0.2, 0.25) is 0 Å². The lowest BCUT2D eigenvalue weighted by atomic mass is 10.00. The number of carbonyl (C=O) groups excluding carboxylic acids is 1. The monoisotopic (exact) mass is 722 g/mol. The molecule has 0 saturated heterocycles. The Bertz CT molecular complexity index is 772. The largest absolute Gasteiger partial charge is 0.394 e. The van der Waals surface area contributed by atoms with Crippen LogP contribution in [0.3, 0.4) is 0 Å². The van der Waals surface area contributed by atoms with Crippen LogP contribution in [0.25, 0.3) is 0 Å². The van der Waals surface area contributed by atoms with Crippen LogP contribution < -0.4 is 5.32 Å². The third kappa shape index (κ3) is 34.3. The van der Waals surface area contributed by atoms with Gasteiger partial charge < -0.3 is 25.7 Å². The summed E-state index contributed by atoms with van der Waals surface area (Å²) in [5.41, 5.74) is 0. The van der Waals surface area contributed by atoms with E-state index < -0.39 is 36.9 Å². The van der Waals surface area contributed by atoms with Crippen LogP contribution in [0.5, 0.6) is 0 Å². The predicted molar refractivity (Wildman–Crippen MR) is 219 cm³/mol. The van der Waals surface area contributed by atoms with E-state index in [4.69, 9.17) is 0 Å². The summed E-state index contributed by atoms with van der Waals surface area (Å²) in [5.74, 6) is -0.598. The summed E-state index contributed by atoms with van der Waals surface area (Å²) in [6.07, 6.45) is 45.5. The van der Waals surface area contributed by atoms with Crippen molar-refractivity contribution in [3.8, 4) is 0 Å². The Balaban J connectivity index is 3.56. The second-order valence-corrected chi connectivity index (χ2v) is 15.4. The molecule has 0 aliphatic rings. The summed E-state index contributed by atoms with van der Waals surface area (Å²) < 4.78 is 0. The molecule has 0 aromatic rings. The van der Waals surface area contributed by atoms with Crippen LogP contribution >= 0.6 is 0 Å². The van der Waals surface area contributed by atoms with Crippen molar-refractivity contribution in [1.82, 2.24) is 5.32 Å². The molecular formula is C45H87NO5. The molecule has 1 amide bonds. The summed E-state index contributed by atoms with van der Waals surface area (Å²) in [6.45, 7) is 3.80. The third-order valence-corrected chi connectivity index (χ3v) is 10.5. The lowest BCUT2D eigenvalue weighted by molar-refractivity contribution is -0.132. The highest BCUT2D eigenvalue weighted by Crippen LogP contribution is 2.17. The Kier molecular flexibility index (Phi) is 39.0. The summed E-state index contributed by atoms with van der Waals surface area (Å²) >= 11 is 0. The van der Waals surface area contributed by atoms with Crippen LogP contribution in [0.15, 0.2) is 24.3 Å². The summed E-state index contributed by atoms with van der Waals surface area (Å²) in [4.78, 5) is 12.4. The normalized spacial score (nSPS) is 14.4. The summed E-state index contributed by atoms with van der Waals surface area (Å²) in [7, 11) is 0. The molecule has 0 rings (SSSR count). The van der Waals surface area contributed by atoms with Gasteiger partial charge in [-0.2, -0.15) is 0 Å². The molecule has 6 heteroatoms. The fourth-order valence-electron chi connectivity index (χ4n) is 6.96. The van der Waals surface area contributed by atoms with Crippen LogP contribution in [0, 0.1) is 0 Å². The van der Waals surface area contributed by atoms with Gasteiger partial charge in [-0.1, -0.05) is 205 Å². The molecular weight excluding hydrogens is 634 g/mol. The Morgan fingerprint density at radius 1 is 0.510 bits per heavy atom. The lowest BCUT2D eigenvalue weighted by Crippen LogP contribution is -2.53. The number of hydrogen-bond donors (Lipinski definition) is 5. The number of rotatable bonds is 40. The van der Waals surface area contributed by atoms with E-state index in [0.29, 0.717) is 19.3 Å². The van der Waals surface area contributed by atoms with Crippen molar-refractivity contribution in [1.29, 1.82) is 0 Å². The molecule has 0 aliphatic heterocycles. The lowest BCUT2D eigenvalue weighted by Gasteiger charge is -2.27. The fourth-order valence-corrected chi connectivity index (χ4v) is 6.96. The highest BCUT2D eigenvalue weighted by molar-refractivity contribution is 5.80. The Labute approximate surface area is 316 Å². The van der Waals surface area contributed by atoms with Crippen LogP contribution in [-0.4, -0.2) is 57.3 Å². The molecule has 0 aromatic heterocycles. The average molecular weight is 722 g/mol. The van der Waals surface area contributed by atoms with E-state index in [2.05, 4.69) is 30.5 Å². The molecule has 51 heavy (non-hydrogen) atoms. The average Bonchev–Trinajstić information content (AvgIpc) is 3.13. The molecule has 4 unspecified atom stereocenters. The first-order valence-corrected chi connectivity index (χ1v) is 22.2. The van der Waals surface area contributed by atoms with Gasteiger partial charge in [0.05, 0.1) is 18.8 Å². The number of amides is 1. The topological polar surface area (TPSA) is 110 Å². The molecule has 0 radical (unpaired) electrons. The van der Waals surface area contributed by atoms with E-state index in [-0.39, 0.29) is 0 Å². The third-order valence-electron chi connectivity index (χ3n) is 10.5. The first-order chi connectivity index (χ1) is 25.0. The van der Waals surface area contributed by atoms with Gasteiger partial charge in [0.2, 0.25) is 5.91 Å². The SMILES string of the molecule is C/C=C/CC/C=C/CCCC(O)C(O)C(CO)NC(=O)C(O)CCCCCCCCCCCCCCCCCCCCCCCCCCCCC. The molecule has 0 fully saturated rings. The number of aliphatic hydroxyl groups is 4. The molecule has 302 valence electrons. The maximum absolute atomic E-state index is 12.4. The van der Waals surface area contributed by atoms with Crippen molar-refractivity contribution in [3.63, 3.8) is 0 Å². The Morgan fingerprint density at radius 3 is 1.27 bits per heavy atom. The second kappa shape index (κ2) is 40.0. The maximum Gasteiger partial charge on any atom is 0.249 e. The molecule has 5 N–H and O–H groups in total. The van der Waals surface area contributed by atoms with Gasteiger partial charge >= 0.3 is 0 Å². The van der Waals surface area contributed by atoms with E-state index in [9.17, 15) is 25.2 Å². The predicted octanol–water partition coefficient (Wildman–Crippen LogP) is 11.6. The van der Waals surface area contributed by atoms with Crippen molar-refractivity contribution in [3.05, 3.63) is 24.3 Å². The van der Waals surface area contributed by atoms with Crippen molar-refractivity contribution < 1.29 is 25.2 Å². The van der Waals surface area contributed by atoms with Crippen LogP contribution in [0.4, 0.5) is 0 Å². The molecule has 4 atom stereocenters. The smallest absolute Gasteiger partial charge is 0.249 e. The molecule has 0 saturated carbocycles. The minimum Gasteiger partial charge on any atom is -0.394 e. The zero-order chi connectivity index (χ0) is 37.5. The Hall–Kier alpha value is -1.21. The highest BCUT2D eigenvalue weighted by atomic mass is 16.3. The first kappa shape index (κ1) is 49.8. The van der Waals surface area contributed by atoms with Gasteiger partial charge in [0.25, 0.3) is 0 Å². The van der Waals surface area contributed by atoms with Gasteiger partial charge in [0.1, 0.15) is 12.2 Å². The number of hydrogen-bond acceptors (Lipinski definition) is 5. The Morgan fingerprint density at radius 2 is 0.882 bits per heavy atom. The highest BCUT2D eigenvalue weighted by Gasteiger charge is 2.28. The second-order valence-electron chi connectivity index (χ2n) is 15.4. The molecule has 0 spiro atoms. The van der Waals surface area contributed by atoms with E-state index in [1.165, 1.54) is 154 Å². The quantitative estimate of drug-likeness (QED) is 0.0320. The number of unbranched alkanes of at least 4 members (excludes halogenated alkanes) is 28. The van der Waals surface area contributed by atoms with Crippen molar-refractivity contribution >= 4 is 5.91 Å². The van der Waals surface area contributed by atoms with Gasteiger partial charge in [-0.15, -0.1) is 0 Å². The van der Waals surface area contributed by atoms with E-state index >= 15 is 0 Å². The van der Waals surface area contributed by atoms with Crippen molar-refractivity contribution in [2.24, 2.45) is 0 Å².